The lowest BCUT2D eigenvalue weighted by molar-refractivity contribution is -0.121. The summed E-state index contributed by atoms with van der Waals surface area (Å²) in [5.74, 6) is 1.33. The second kappa shape index (κ2) is 8.76. The second-order valence-electron chi connectivity index (χ2n) is 7.21. The van der Waals surface area contributed by atoms with Crippen LogP contribution in [0.3, 0.4) is 0 Å². The topological polar surface area (TPSA) is 54.1 Å². The Kier molecular flexibility index (Phi) is 6.17. The van der Waals surface area contributed by atoms with Crippen molar-refractivity contribution in [2.75, 3.05) is 0 Å². The summed E-state index contributed by atoms with van der Waals surface area (Å²) in [7, 11) is 0. The van der Waals surface area contributed by atoms with Crippen LogP contribution in [0.1, 0.15) is 38.3 Å². The molecular formula is C23H28N2O2. The van der Waals surface area contributed by atoms with E-state index in [0.29, 0.717) is 18.9 Å². The van der Waals surface area contributed by atoms with E-state index in [1.807, 2.05) is 54.7 Å². The van der Waals surface area contributed by atoms with E-state index >= 15 is 0 Å². The van der Waals surface area contributed by atoms with Crippen molar-refractivity contribution in [1.29, 1.82) is 0 Å². The molecule has 3 rings (SSSR count). The largest absolute Gasteiger partial charge is 0.489 e. The molecule has 1 amide bonds. The predicted molar refractivity (Wildman–Crippen MR) is 110 cm³/mol. The second-order valence-corrected chi connectivity index (χ2v) is 7.21. The van der Waals surface area contributed by atoms with Crippen molar-refractivity contribution in [3.8, 4) is 5.75 Å². The number of hydrogen-bond acceptors (Lipinski definition) is 2. The fraction of sp³-hybridized carbons (Fsp3) is 0.348. The minimum absolute atomic E-state index is 0.0549. The van der Waals surface area contributed by atoms with Gasteiger partial charge in [-0.15, -0.1) is 0 Å². The Morgan fingerprint density at radius 3 is 2.67 bits per heavy atom. The Morgan fingerprint density at radius 1 is 1.15 bits per heavy atom. The van der Waals surface area contributed by atoms with E-state index in [4.69, 9.17) is 4.74 Å². The fourth-order valence-electron chi connectivity index (χ4n) is 3.11. The minimum Gasteiger partial charge on any atom is -0.489 e. The Bertz CT molecular complexity index is 886. The molecule has 142 valence electrons. The molecular weight excluding hydrogens is 336 g/mol. The number of amides is 1. The van der Waals surface area contributed by atoms with Gasteiger partial charge in [-0.25, -0.2) is 0 Å². The number of aromatic amines is 1. The molecule has 0 saturated heterocycles. The van der Waals surface area contributed by atoms with Gasteiger partial charge in [0.1, 0.15) is 12.4 Å². The van der Waals surface area contributed by atoms with Crippen LogP contribution in [0.25, 0.3) is 10.9 Å². The molecule has 2 N–H and O–H groups in total. The van der Waals surface area contributed by atoms with Crippen molar-refractivity contribution >= 4 is 16.8 Å². The highest BCUT2D eigenvalue weighted by atomic mass is 16.5. The van der Waals surface area contributed by atoms with Gasteiger partial charge in [-0.2, -0.15) is 0 Å². The SMILES string of the molecule is CC[C@H](C)C(C)NC(=O)Cc1c[nH]c2ccc(OCc3ccccc3)cc12. The van der Waals surface area contributed by atoms with Crippen LogP contribution >= 0.6 is 0 Å². The average Bonchev–Trinajstić information content (AvgIpc) is 3.08. The Balaban J connectivity index is 1.68. The Hall–Kier alpha value is -2.75. The van der Waals surface area contributed by atoms with Crippen molar-refractivity contribution in [1.82, 2.24) is 10.3 Å². The standard InChI is InChI=1S/C23H28N2O2/c1-4-16(2)17(3)25-23(26)12-19-14-24-22-11-10-20(13-21(19)22)27-15-18-8-6-5-7-9-18/h5-11,13-14,16-17,24H,4,12,15H2,1-3H3,(H,25,26)/t16-,17?/m0/s1. The van der Waals surface area contributed by atoms with Gasteiger partial charge in [-0.05, 0) is 42.2 Å². The van der Waals surface area contributed by atoms with Crippen LogP contribution in [0, 0.1) is 5.92 Å². The predicted octanol–water partition coefficient (Wildman–Crippen LogP) is 4.84. The number of benzene rings is 2. The van der Waals surface area contributed by atoms with Gasteiger partial charge in [-0.3, -0.25) is 4.79 Å². The maximum atomic E-state index is 12.4. The number of hydrogen-bond donors (Lipinski definition) is 2. The molecule has 0 saturated carbocycles. The van der Waals surface area contributed by atoms with Crippen molar-refractivity contribution in [2.24, 2.45) is 5.92 Å². The zero-order valence-corrected chi connectivity index (χ0v) is 16.3. The fourth-order valence-corrected chi connectivity index (χ4v) is 3.11. The summed E-state index contributed by atoms with van der Waals surface area (Å²) in [6, 6.07) is 16.2. The number of ether oxygens (including phenoxy) is 1. The maximum absolute atomic E-state index is 12.4. The van der Waals surface area contributed by atoms with Gasteiger partial charge in [0, 0.05) is 23.1 Å². The van der Waals surface area contributed by atoms with E-state index in [2.05, 4.69) is 31.1 Å². The summed E-state index contributed by atoms with van der Waals surface area (Å²) >= 11 is 0. The van der Waals surface area contributed by atoms with Crippen LogP contribution in [0.15, 0.2) is 54.7 Å². The van der Waals surface area contributed by atoms with Crippen LogP contribution in [0.2, 0.25) is 0 Å². The maximum Gasteiger partial charge on any atom is 0.224 e. The van der Waals surface area contributed by atoms with E-state index in [-0.39, 0.29) is 11.9 Å². The summed E-state index contributed by atoms with van der Waals surface area (Å²) in [5.41, 5.74) is 3.13. The summed E-state index contributed by atoms with van der Waals surface area (Å²) < 4.78 is 5.93. The molecule has 0 aliphatic heterocycles. The Labute approximate surface area is 160 Å². The van der Waals surface area contributed by atoms with Gasteiger partial charge < -0.3 is 15.0 Å². The van der Waals surface area contributed by atoms with Crippen molar-refractivity contribution < 1.29 is 9.53 Å². The third-order valence-corrected chi connectivity index (χ3v) is 5.22. The van der Waals surface area contributed by atoms with Crippen LogP contribution in [-0.2, 0) is 17.8 Å². The van der Waals surface area contributed by atoms with Crippen LogP contribution in [-0.4, -0.2) is 16.9 Å². The molecule has 0 aliphatic rings. The van der Waals surface area contributed by atoms with Crippen molar-refractivity contribution in [3.63, 3.8) is 0 Å². The first-order valence-electron chi connectivity index (χ1n) is 9.63. The van der Waals surface area contributed by atoms with E-state index < -0.39 is 0 Å². The number of carbonyl (C=O) groups excluding carboxylic acids is 1. The van der Waals surface area contributed by atoms with Gasteiger partial charge >= 0.3 is 0 Å². The highest BCUT2D eigenvalue weighted by Gasteiger charge is 2.15. The quantitative estimate of drug-likeness (QED) is 0.601. The Morgan fingerprint density at radius 2 is 1.93 bits per heavy atom. The number of fused-ring (bicyclic) bond motifs is 1. The number of nitrogens with one attached hydrogen (secondary N) is 2. The summed E-state index contributed by atoms with van der Waals surface area (Å²) in [4.78, 5) is 15.7. The smallest absolute Gasteiger partial charge is 0.224 e. The average molecular weight is 364 g/mol. The van der Waals surface area contributed by atoms with E-state index in [9.17, 15) is 4.79 Å². The normalized spacial score (nSPS) is 13.3. The number of rotatable bonds is 8. The molecule has 4 heteroatoms. The summed E-state index contributed by atoms with van der Waals surface area (Å²) in [6.45, 7) is 6.90. The molecule has 1 unspecified atom stereocenters. The number of carbonyl (C=O) groups is 1. The van der Waals surface area contributed by atoms with Gasteiger partial charge in [0.2, 0.25) is 5.91 Å². The lowest BCUT2D eigenvalue weighted by atomic mass is 10.0. The number of H-pyrrole nitrogens is 1. The van der Waals surface area contributed by atoms with Gasteiger partial charge in [-0.1, -0.05) is 50.6 Å². The van der Waals surface area contributed by atoms with E-state index in [1.54, 1.807) is 0 Å². The van der Waals surface area contributed by atoms with Gasteiger partial charge in [0.05, 0.1) is 6.42 Å². The molecule has 1 aromatic heterocycles. The highest BCUT2D eigenvalue weighted by Crippen LogP contribution is 2.25. The molecule has 1 heterocycles. The van der Waals surface area contributed by atoms with Crippen LogP contribution in [0.5, 0.6) is 5.75 Å². The van der Waals surface area contributed by atoms with Gasteiger partial charge in [0.15, 0.2) is 0 Å². The highest BCUT2D eigenvalue weighted by molar-refractivity contribution is 5.89. The van der Waals surface area contributed by atoms with Crippen molar-refractivity contribution in [3.05, 3.63) is 65.9 Å². The summed E-state index contributed by atoms with van der Waals surface area (Å²) in [5, 5.41) is 4.14. The molecule has 0 radical (unpaired) electrons. The number of aromatic nitrogens is 1. The molecule has 2 atom stereocenters. The molecule has 3 aromatic rings. The third-order valence-electron chi connectivity index (χ3n) is 5.22. The van der Waals surface area contributed by atoms with Crippen LogP contribution < -0.4 is 10.1 Å². The molecule has 0 bridgehead atoms. The molecule has 4 nitrogen and oxygen atoms in total. The van der Waals surface area contributed by atoms with Crippen molar-refractivity contribution in [2.45, 2.75) is 46.3 Å². The third kappa shape index (κ3) is 4.91. The first-order valence-corrected chi connectivity index (χ1v) is 9.63. The molecule has 0 fully saturated rings. The molecule has 2 aromatic carbocycles. The molecule has 0 spiro atoms. The zero-order chi connectivity index (χ0) is 19.2. The monoisotopic (exact) mass is 364 g/mol. The first kappa shape index (κ1) is 19.0. The zero-order valence-electron chi connectivity index (χ0n) is 16.3. The lowest BCUT2D eigenvalue weighted by Crippen LogP contribution is -2.37. The van der Waals surface area contributed by atoms with Gasteiger partial charge in [0.25, 0.3) is 0 Å². The molecule has 27 heavy (non-hydrogen) atoms. The minimum atomic E-state index is 0.0549. The van der Waals surface area contributed by atoms with Crippen LogP contribution in [0.4, 0.5) is 0 Å². The first-order chi connectivity index (χ1) is 13.1. The summed E-state index contributed by atoms with van der Waals surface area (Å²) in [6.07, 6.45) is 3.33. The van der Waals surface area contributed by atoms with E-state index in [1.165, 1.54) is 0 Å². The lowest BCUT2D eigenvalue weighted by Gasteiger charge is -2.19. The van der Waals surface area contributed by atoms with E-state index in [0.717, 1.165) is 34.2 Å². The molecule has 0 aliphatic carbocycles.